The fourth-order valence-electron chi connectivity index (χ4n) is 4.10. The van der Waals surface area contributed by atoms with E-state index < -0.39 is 23.3 Å². The Bertz CT molecular complexity index is 645. The molecule has 2 saturated heterocycles. The SMILES string of the molecule is CCN1C(=O)[C@H]2[C@@H](C1=O)[C@](CC)(C(=O)OC)[NH2+][C@H]2c1cccs1. The van der Waals surface area contributed by atoms with Gasteiger partial charge in [0.1, 0.15) is 17.9 Å². The van der Waals surface area contributed by atoms with Gasteiger partial charge in [0.05, 0.1) is 12.0 Å². The number of esters is 1. The Hall–Kier alpha value is -1.73. The molecule has 2 aliphatic heterocycles. The largest absolute Gasteiger partial charge is 0.464 e. The van der Waals surface area contributed by atoms with Gasteiger partial charge in [0.25, 0.3) is 0 Å². The van der Waals surface area contributed by atoms with Crippen LogP contribution in [0.4, 0.5) is 0 Å². The molecule has 0 spiro atoms. The van der Waals surface area contributed by atoms with Gasteiger partial charge in [0.15, 0.2) is 0 Å². The number of carbonyl (C=O) groups is 3. The summed E-state index contributed by atoms with van der Waals surface area (Å²) in [5.74, 6) is -1.99. The van der Waals surface area contributed by atoms with Gasteiger partial charge in [0, 0.05) is 13.0 Å². The van der Waals surface area contributed by atoms with Crippen molar-refractivity contribution >= 4 is 29.1 Å². The highest BCUT2D eigenvalue weighted by Gasteiger charge is 2.71. The number of carbonyl (C=O) groups excluding carboxylic acids is 3. The fourth-order valence-corrected chi connectivity index (χ4v) is 4.94. The predicted octanol–water partition coefficient (Wildman–Crippen LogP) is 0.309. The zero-order chi connectivity index (χ0) is 16.8. The summed E-state index contributed by atoms with van der Waals surface area (Å²) in [5.41, 5.74) is -1.02. The van der Waals surface area contributed by atoms with E-state index in [0.29, 0.717) is 13.0 Å². The average molecular weight is 337 g/mol. The van der Waals surface area contributed by atoms with E-state index in [1.807, 2.05) is 29.8 Å². The molecule has 0 aromatic carbocycles. The molecule has 4 atom stereocenters. The van der Waals surface area contributed by atoms with Crippen molar-refractivity contribution in [1.29, 1.82) is 0 Å². The molecule has 0 radical (unpaired) electrons. The van der Waals surface area contributed by atoms with Crippen molar-refractivity contribution in [1.82, 2.24) is 4.90 Å². The second-order valence-corrected chi connectivity index (χ2v) is 7.00. The summed E-state index contributed by atoms with van der Waals surface area (Å²) in [6.45, 7) is 3.99. The normalized spacial score (nSPS) is 33.2. The Kier molecular flexibility index (Phi) is 4.01. The van der Waals surface area contributed by atoms with Crippen LogP contribution in [0.3, 0.4) is 0 Å². The van der Waals surface area contributed by atoms with Crippen molar-refractivity contribution in [3.8, 4) is 0 Å². The fraction of sp³-hybridized carbons (Fsp3) is 0.562. The van der Waals surface area contributed by atoms with Crippen LogP contribution in [0, 0.1) is 11.8 Å². The van der Waals surface area contributed by atoms with Crippen molar-refractivity contribution < 1.29 is 24.4 Å². The number of nitrogens with two attached hydrogens (primary N) is 1. The molecular formula is C16H21N2O4S+. The lowest BCUT2D eigenvalue weighted by Gasteiger charge is -2.27. The van der Waals surface area contributed by atoms with Crippen LogP contribution in [0.1, 0.15) is 31.2 Å². The van der Waals surface area contributed by atoms with Gasteiger partial charge < -0.3 is 10.1 Å². The Morgan fingerprint density at radius 1 is 1.39 bits per heavy atom. The molecule has 1 aromatic rings. The number of hydrogen-bond acceptors (Lipinski definition) is 5. The number of ether oxygens (including phenoxy) is 1. The highest BCUT2D eigenvalue weighted by molar-refractivity contribution is 7.10. The van der Waals surface area contributed by atoms with Crippen LogP contribution in [-0.4, -0.2) is 41.9 Å². The monoisotopic (exact) mass is 337 g/mol. The quantitative estimate of drug-likeness (QED) is 0.633. The summed E-state index contributed by atoms with van der Waals surface area (Å²) in [5, 5.41) is 3.84. The molecule has 2 N–H and O–H groups in total. The van der Waals surface area contributed by atoms with Crippen LogP contribution in [0.2, 0.25) is 0 Å². The second kappa shape index (κ2) is 5.72. The lowest BCUT2D eigenvalue weighted by molar-refractivity contribution is -0.734. The van der Waals surface area contributed by atoms with Crippen molar-refractivity contribution in [3.63, 3.8) is 0 Å². The summed E-state index contributed by atoms with van der Waals surface area (Å²) in [6.07, 6.45) is 0.444. The summed E-state index contributed by atoms with van der Waals surface area (Å²) in [7, 11) is 1.33. The Morgan fingerprint density at radius 3 is 2.65 bits per heavy atom. The minimum Gasteiger partial charge on any atom is -0.464 e. The van der Waals surface area contributed by atoms with E-state index in [1.54, 1.807) is 18.3 Å². The number of rotatable bonds is 4. The lowest BCUT2D eigenvalue weighted by Crippen LogP contribution is -2.98. The van der Waals surface area contributed by atoms with E-state index in [9.17, 15) is 14.4 Å². The zero-order valence-electron chi connectivity index (χ0n) is 13.4. The molecule has 124 valence electrons. The Balaban J connectivity index is 2.13. The summed E-state index contributed by atoms with van der Waals surface area (Å²) < 4.78 is 5.01. The first-order valence-corrected chi connectivity index (χ1v) is 8.72. The molecule has 23 heavy (non-hydrogen) atoms. The topological polar surface area (TPSA) is 80.3 Å². The minimum atomic E-state index is -1.02. The van der Waals surface area contributed by atoms with Gasteiger partial charge in [-0.25, -0.2) is 4.79 Å². The number of amides is 2. The highest BCUT2D eigenvalue weighted by Crippen LogP contribution is 2.46. The maximum absolute atomic E-state index is 12.8. The number of hydrogen-bond donors (Lipinski definition) is 1. The summed E-state index contributed by atoms with van der Waals surface area (Å²) in [4.78, 5) is 40.4. The first-order valence-electron chi connectivity index (χ1n) is 7.84. The number of quaternary nitrogens is 1. The van der Waals surface area contributed by atoms with Crippen molar-refractivity contribution in [3.05, 3.63) is 22.4 Å². The maximum atomic E-state index is 12.8. The van der Waals surface area contributed by atoms with Crippen molar-refractivity contribution in [2.24, 2.45) is 11.8 Å². The molecule has 0 bridgehead atoms. The van der Waals surface area contributed by atoms with Gasteiger partial charge in [-0.1, -0.05) is 13.0 Å². The third kappa shape index (κ3) is 2.06. The summed E-state index contributed by atoms with van der Waals surface area (Å²) in [6, 6.07) is 3.66. The highest BCUT2D eigenvalue weighted by atomic mass is 32.1. The number of thiophene rings is 1. The van der Waals surface area contributed by atoms with Crippen LogP contribution in [0.5, 0.6) is 0 Å². The van der Waals surface area contributed by atoms with Crippen LogP contribution < -0.4 is 5.32 Å². The van der Waals surface area contributed by atoms with Gasteiger partial charge in [-0.15, -0.1) is 11.3 Å². The molecule has 6 nitrogen and oxygen atoms in total. The average Bonchev–Trinajstić information content (AvgIpc) is 3.24. The van der Waals surface area contributed by atoms with Gasteiger partial charge in [0.2, 0.25) is 17.4 Å². The molecule has 7 heteroatoms. The van der Waals surface area contributed by atoms with Crippen LogP contribution >= 0.6 is 11.3 Å². The first kappa shape index (κ1) is 16.1. The van der Waals surface area contributed by atoms with Crippen LogP contribution in [0.25, 0.3) is 0 Å². The van der Waals surface area contributed by atoms with Gasteiger partial charge in [-0.2, -0.15) is 0 Å². The Labute approximate surface area is 138 Å². The molecule has 3 heterocycles. The smallest absolute Gasteiger partial charge is 0.368 e. The van der Waals surface area contributed by atoms with Crippen LogP contribution in [0.15, 0.2) is 17.5 Å². The van der Waals surface area contributed by atoms with E-state index in [1.165, 1.54) is 12.0 Å². The molecule has 2 aliphatic rings. The number of likely N-dealkylation sites (tertiary alicyclic amines) is 1. The molecule has 1 aromatic heterocycles. The Morgan fingerprint density at radius 2 is 2.13 bits per heavy atom. The summed E-state index contributed by atoms with van der Waals surface area (Å²) >= 11 is 1.55. The lowest BCUT2D eigenvalue weighted by atomic mass is 9.78. The molecule has 0 saturated carbocycles. The van der Waals surface area contributed by atoms with E-state index >= 15 is 0 Å². The molecule has 2 amide bonds. The second-order valence-electron chi connectivity index (χ2n) is 6.02. The van der Waals surface area contributed by atoms with Crippen molar-refractivity contribution in [2.75, 3.05) is 13.7 Å². The third-order valence-electron chi connectivity index (χ3n) is 5.20. The molecule has 0 unspecified atom stereocenters. The van der Waals surface area contributed by atoms with Crippen molar-refractivity contribution in [2.45, 2.75) is 31.8 Å². The first-order chi connectivity index (χ1) is 11.0. The molecule has 3 rings (SSSR count). The van der Waals surface area contributed by atoms with E-state index in [2.05, 4.69) is 0 Å². The van der Waals surface area contributed by atoms with Gasteiger partial charge in [-0.3, -0.25) is 14.5 Å². The van der Waals surface area contributed by atoms with E-state index in [4.69, 9.17) is 4.74 Å². The predicted molar refractivity (Wildman–Crippen MR) is 83.4 cm³/mol. The van der Waals surface area contributed by atoms with Crippen LogP contribution in [-0.2, 0) is 19.1 Å². The number of nitrogens with zero attached hydrogens (tertiary/aromatic N) is 1. The third-order valence-corrected chi connectivity index (χ3v) is 6.17. The van der Waals surface area contributed by atoms with E-state index in [-0.39, 0.29) is 17.9 Å². The number of fused-ring (bicyclic) bond motifs is 1. The number of imide groups is 1. The van der Waals surface area contributed by atoms with E-state index in [0.717, 1.165) is 4.88 Å². The van der Waals surface area contributed by atoms with Gasteiger partial charge in [-0.05, 0) is 18.4 Å². The van der Waals surface area contributed by atoms with Gasteiger partial charge >= 0.3 is 5.97 Å². The molecule has 2 fully saturated rings. The number of methoxy groups -OCH3 is 1. The zero-order valence-corrected chi connectivity index (χ0v) is 14.3. The molecule has 0 aliphatic carbocycles. The molecular weight excluding hydrogens is 316 g/mol. The minimum absolute atomic E-state index is 0.170. The maximum Gasteiger partial charge on any atom is 0.368 e. The standard InChI is InChI=1S/C16H20N2O4S/c1-4-16(15(21)22-3)11-10(13(19)18(5-2)14(11)20)12(17-16)9-7-6-8-23-9/h6-8,10-12,17H,4-5H2,1-3H3/p+1/t10-,11-,12-,16+/m0/s1.